The van der Waals surface area contributed by atoms with Gasteiger partial charge in [-0.05, 0) is 53.6 Å². The standard InChI is InChI=1S/C18H15BrO3/c1-22-17-8-4-13(15(12-17)10-11-20)5-9-18(21)14-2-6-16(19)7-3-14/h2-9,11-12H,10H2,1H3/b9-5+. The third-order valence-electron chi connectivity index (χ3n) is 3.20. The largest absolute Gasteiger partial charge is 0.497 e. The fraction of sp³-hybridized carbons (Fsp3) is 0.111. The molecule has 0 unspecified atom stereocenters. The van der Waals surface area contributed by atoms with Crippen LogP contribution in [-0.4, -0.2) is 19.2 Å². The Kier molecular flexibility index (Phi) is 5.67. The maximum atomic E-state index is 12.1. The van der Waals surface area contributed by atoms with E-state index in [1.807, 2.05) is 18.2 Å². The van der Waals surface area contributed by atoms with Crippen LogP contribution < -0.4 is 4.74 Å². The van der Waals surface area contributed by atoms with Gasteiger partial charge in [0.1, 0.15) is 12.0 Å². The average Bonchev–Trinajstić information content (AvgIpc) is 2.54. The van der Waals surface area contributed by atoms with E-state index in [2.05, 4.69) is 15.9 Å². The van der Waals surface area contributed by atoms with Crippen LogP contribution in [0.25, 0.3) is 6.08 Å². The van der Waals surface area contributed by atoms with Crippen LogP contribution in [0.4, 0.5) is 0 Å². The predicted octanol–water partition coefficient (Wildman–Crippen LogP) is 4.10. The number of carbonyl (C=O) groups is 2. The van der Waals surface area contributed by atoms with Crippen LogP contribution in [0.3, 0.4) is 0 Å². The van der Waals surface area contributed by atoms with Crippen LogP contribution in [0.15, 0.2) is 53.0 Å². The zero-order chi connectivity index (χ0) is 15.9. The molecule has 0 atom stereocenters. The van der Waals surface area contributed by atoms with Crippen molar-refractivity contribution in [2.24, 2.45) is 0 Å². The van der Waals surface area contributed by atoms with Crippen molar-refractivity contribution in [3.63, 3.8) is 0 Å². The molecular formula is C18H15BrO3. The summed E-state index contributed by atoms with van der Waals surface area (Å²) in [7, 11) is 1.58. The maximum Gasteiger partial charge on any atom is 0.185 e. The van der Waals surface area contributed by atoms with Gasteiger partial charge in [0, 0.05) is 16.5 Å². The first-order valence-corrected chi connectivity index (χ1v) is 7.52. The fourth-order valence-electron chi connectivity index (χ4n) is 2.01. The lowest BCUT2D eigenvalue weighted by atomic mass is 10.0. The van der Waals surface area contributed by atoms with Gasteiger partial charge in [-0.15, -0.1) is 0 Å². The minimum Gasteiger partial charge on any atom is -0.497 e. The summed E-state index contributed by atoms with van der Waals surface area (Å²) < 4.78 is 6.08. The Morgan fingerprint density at radius 2 is 1.91 bits per heavy atom. The highest BCUT2D eigenvalue weighted by Crippen LogP contribution is 2.19. The van der Waals surface area contributed by atoms with Gasteiger partial charge in [-0.1, -0.05) is 28.1 Å². The zero-order valence-corrected chi connectivity index (χ0v) is 13.7. The van der Waals surface area contributed by atoms with E-state index in [4.69, 9.17) is 4.74 Å². The molecule has 2 rings (SSSR count). The molecule has 0 bridgehead atoms. The Labute approximate surface area is 137 Å². The molecule has 2 aromatic rings. The van der Waals surface area contributed by atoms with Crippen LogP contribution in [0.5, 0.6) is 5.75 Å². The number of benzene rings is 2. The highest BCUT2D eigenvalue weighted by atomic mass is 79.9. The van der Waals surface area contributed by atoms with Crippen molar-refractivity contribution < 1.29 is 14.3 Å². The van der Waals surface area contributed by atoms with Gasteiger partial charge in [-0.3, -0.25) is 4.79 Å². The molecule has 22 heavy (non-hydrogen) atoms. The smallest absolute Gasteiger partial charge is 0.185 e. The number of hydrogen-bond acceptors (Lipinski definition) is 3. The summed E-state index contributed by atoms with van der Waals surface area (Å²) in [4.78, 5) is 22.9. The number of methoxy groups -OCH3 is 1. The van der Waals surface area contributed by atoms with Crippen molar-refractivity contribution in [3.05, 3.63) is 69.7 Å². The molecule has 0 aliphatic rings. The number of carbonyl (C=O) groups excluding carboxylic acids is 2. The lowest BCUT2D eigenvalue weighted by Crippen LogP contribution is -1.95. The van der Waals surface area contributed by atoms with Crippen molar-refractivity contribution >= 4 is 34.1 Å². The molecule has 0 aliphatic heterocycles. The van der Waals surface area contributed by atoms with E-state index in [-0.39, 0.29) is 12.2 Å². The average molecular weight is 359 g/mol. The second-order valence-electron chi connectivity index (χ2n) is 4.64. The Morgan fingerprint density at radius 1 is 1.18 bits per heavy atom. The van der Waals surface area contributed by atoms with Crippen LogP contribution in [0.1, 0.15) is 21.5 Å². The number of aldehydes is 1. The Balaban J connectivity index is 2.23. The number of halogens is 1. The summed E-state index contributed by atoms with van der Waals surface area (Å²) in [6, 6.07) is 12.6. The summed E-state index contributed by atoms with van der Waals surface area (Å²) in [5.41, 5.74) is 2.28. The van der Waals surface area contributed by atoms with Gasteiger partial charge < -0.3 is 9.53 Å². The van der Waals surface area contributed by atoms with Gasteiger partial charge in [0.05, 0.1) is 7.11 Å². The van der Waals surface area contributed by atoms with Gasteiger partial charge >= 0.3 is 0 Å². The summed E-state index contributed by atoms with van der Waals surface area (Å²) in [6.45, 7) is 0. The molecule has 0 fully saturated rings. The maximum absolute atomic E-state index is 12.1. The minimum atomic E-state index is -0.0830. The number of allylic oxidation sites excluding steroid dienone is 1. The number of rotatable bonds is 6. The Bertz CT molecular complexity index is 703. The first kappa shape index (κ1) is 16.2. The lowest BCUT2D eigenvalue weighted by molar-refractivity contribution is -0.107. The SMILES string of the molecule is COc1ccc(/C=C/C(=O)c2ccc(Br)cc2)c(CC=O)c1. The Morgan fingerprint density at radius 3 is 2.55 bits per heavy atom. The lowest BCUT2D eigenvalue weighted by Gasteiger charge is -2.06. The van der Waals surface area contributed by atoms with Gasteiger partial charge in [-0.2, -0.15) is 0 Å². The third-order valence-corrected chi connectivity index (χ3v) is 3.73. The van der Waals surface area contributed by atoms with Crippen molar-refractivity contribution in [1.82, 2.24) is 0 Å². The molecule has 112 valence electrons. The first-order valence-electron chi connectivity index (χ1n) is 6.72. The summed E-state index contributed by atoms with van der Waals surface area (Å²) in [5, 5.41) is 0. The molecular weight excluding hydrogens is 344 g/mol. The predicted molar refractivity (Wildman–Crippen MR) is 90.3 cm³/mol. The molecule has 2 aromatic carbocycles. The second-order valence-corrected chi connectivity index (χ2v) is 5.56. The third kappa shape index (κ3) is 4.15. The summed E-state index contributed by atoms with van der Waals surface area (Å²) >= 11 is 3.34. The van der Waals surface area contributed by atoms with Crippen LogP contribution in [0, 0.1) is 0 Å². The van der Waals surface area contributed by atoms with Gasteiger partial charge in [0.15, 0.2) is 5.78 Å². The highest BCUT2D eigenvalue weighted by molar-refractivity contribution is 9.10. The molecule has 0 aromatic heterocycles. The molecule has 0 saturated carbocycles. The van der Waals surface area contributed by atoms with Crippen molar-refractivity contribution in [2.45, 2.75) is 6.42 Å². The molecule has 4 heteroatoms. The van der Waals surface area contributed by atoms with Gasteiger partial charge in [0.25, 0.3) is 0 Å². The van der Waals surface area contributed by atoms with Gasteiger partial charge in [-0.25, -0.2) is 0 Å². The number of hydrogen-bond donors (Lipinski definition) is 0. The minimum absolute atomic E-state index is 0.0830. The monoisotopic (exact) mass is 358 g/mol. The van der Waals surface area contributed by atoms with E-state index in [0.717, 1.165) is 21.9 Å². The molecule has 0 heterocycles. The van der Waals surface area contributed by atoms with E-state index in [1.54, 1.807) is 37.5 Å². The number of ether oxygens (including phenoxy) is 1. The normalized spacial score (nSPS) is 10.6. The molecule has 0 saturated heterocycles. The quantitative estimate of drug-likeness (QED) is 0.443. The van der Waals surface area contributed by atoms with Crippen LogP contribution in [0.2, 0.25) is 0 Å². The summed E-state index contributed by atoms with van der Waals surface area (Å²) in [6.07, 6.45) is 4.36. The van der Waals surface area contributed by atoms with E-state index < -0.39 is 0 Å². The van der Waals surface area contributed by atoms with Crippen molar-refractivity contribution in [2.75, 3.05) is 7.11 Å². The highest BCUT2D eigenvalue weighted by Gasteiger charge is 2.04. The molecule has 0 radical (unpaired) electrons. The summed E-state index contributed by atoms with van der Waals surface area (Å²) in [5.74, 6) is 0.605. The van der Waals surface area contributed by atoms with Crippen LogP contribution in [-0.2, 0) is 11.2 Å². The number of ketones is 1. The van der Waals surface area contributed by atoms with E-state index in [9.17, 15) is 9.59 Å². The molecule has 0 N–H and O–H groups in total. The topological polar surface area (TPSA) is 43.4 Å². The zero-order valence-electron chi connectivity index (χ0n) is 12.1. The first-order chi connectivity index (χ1) is 10.6. The van der Waals surface area contributed by atoms with Gasteiger partial charge in [0.2, 0.25) is 0 Å². The fourth-order valence-corrected chi connectivity index (χ4v) is 2.28. The van der Waals surface area contributed by atoms with E-state index in [0.29, 0.717) is 11.3 Å². The molecule has 0 amide bonds. The van der Waals surface area contributed by atoms with Crippen LogP contribution >= 0.6 is 15.9 Å². The van der Waals surface area contributed by atoms with Crippen molar-refractivity contribution in [3.8, 4) is 5.75 Å². The Hall–Kier alpha value is -2.20. The second kappa shape index (κ2) is 7.71. The van der Waals surface area contributed by atoms with Crippen molar-refractivity contribution in [1.29, 1.82) is 0 Å². The van der Waals surface area contributed by atoms with E-state index >= 15 is 0 Å². The molecule has 3 nitrogen and oxygen atoms in total. The molecule has 0 aliphatic carbocycles. The molecule has 0 spiro atoms. The van der Waals surface area contributed by atoms with E-state index in [1.165, 1.54) is 6.08 Å².